The molecule has 1 atom stereocenters. The van der Waals surface area contributed by atoms with Crippen molar-refractivity contribution in [2.45, 2.75) is 39.2 Å². The van der Waals surface area contributed by atoms with Crippen LogP contribution in [0.3, 0.4) is 0 Å². The van der Waals surface area contributed by atoms with Crippen LogP contribution in [0.25, 0.3) is 0 Å². The van der Waals surface area contributed by atoms with Crippen molar-refractivity contribution in [3.8, 4) is 11.5 Å². The lowest BCUT2D eigenvalue weighted by Gasteiger charge is -2.30. The summed E-state index contributed by atoms with van der Waals surface area (Å²) in [6, 6.07) is 10.5. The second kappa shape index (κ2) is 9.60. The van der Waals surface area contributed by atoms with Crippen molar-refractivity contribution in [2.75, 3.05) is 30.8 Å². The lowest BCUT2D eigenvalue weighted by molar-refractivity contribution is 0.0935. The molecule has 0 bridgehead atoms. The molecule has 1 N–H and O–H groups in total. The lowest BCUT2D eigenvalue weighted by Crippen LogP contribution is -2.38. The fourth-order valence-corrected chi connectivity index (χ4v) is 5.50. The molecular weight excluding hydrogens is 416 g/mol. The van der Waals surface area contributed by atoms with Gasteiger partial charge in [0.15, 0.2) is 11.5 Å². The second-order valence-electron chi connectivity index (χ2n) is 7.65. The number of benzene rings is 2. The van der Waals surface area contributed by atoms with E-state index in [4.69, 9.17) is 9.47 Å². The van der Waals surface area contributed by atoms with Crippen LogP contribution in [-0.4, -0.2) is 40.8 Å². The zero-order valence-electron chi connectivity index (χ0n) is 18.5. The van der Waals surface area contributed by atoms with Crippen molar-refractivity contribution in [3.63, 3.8) is 0 Å². The van der Waals surface area contributed by atoms with Gasteiger partial charge in [-0.2, -0.15) is 0 Å². The molecule has 0 radical (unpaired) electrons. The molecule has 1 aliphatic rings. The van der Waals surface area contributed by atoms with Crippen LogP contribution in [0.5, 0.6) is 11.5 Å². The highest BCUT2D eigenvalue weighted by atomic mass is 32.2. The first-order valence-electron chi connectivity index (χ1n) is 10.4. The summed E-state index contributed by atoms with van der Waals surface area (Å²) >= 11 is 0. The van der Waals surface area contributed by atoms with E-state index in [9.17, 15) is 13.2 Å². The zero-order valence-corrected chi connectivity index (χ0v) is 19.3. The van der Waals surface area contributed by atoms with Crippen molar-refractivity contribution in [2.24, 2.45) is 0 Å². The van der Waals surface area contributed by atoms with Gasteiger partial charge in [-0.25, -0.2) is 8.42 Å². The SMILES string of the molecule is CC[C@@H](NC(=O)c1ccc(C)c(N2CCCCS2(=O)=O)c1)c1ccc(OC)c(OC)c1. The van der Waals surface area contributed by atoms with Crippen molar-refractivity contribution in [3.05, 3.63) is 53.1 Å². The Morgan fingerprint density at radius 2 is 1.84 bits per heavy atom. The largest absolute Gasteiger partial charge is 0.493 e. The minimum atomic E-state index is -3.35. The number of methoxy groups -OCH3 is 2. The van der Waals surface area contributed by atoms with Gasteiger partial charge in [-0.15, -0.1) is 0 Å². The quantitative estimate of drug-likeness (QED) is 0.699. The summed E-state index contributed by atoms with van der Waals surface area (Å²) in [6.07, 6.45) is 2.16. The first-order valence-corrected chi connectivity index (χ1v) is 12.1. The molecule has 2 aromatic rings. The average molecular weight is 447 g/mol. The number of carbonyl (C=O) groups excluding carboxylic acids is 1. The first kappa shape index (κ1) is 22.9. The summed E-state index contributed by atoms with van der Waals surface area (Å²) in [6.45, 7) is 4.29. The van der Waals surface area contributed by atoms with Gasteiger partial charge in [-0.3, -0.25) is 9.10 Å². The Hall–Kier alpha value is -2.74. The summed E-state index contributed by atoms with van der Waals surface area (Å²) in [5.41, 5.74) is 2.74. The van der Waals surface area contributed by atoms with Crippen LogP contribution in [-0.2, 0) is 10.0 Å². The Balaban J connectivity index is 1.86. The number of hydrogen-bond donors (Lipinski definition) is 1. The van der Waals surface area contributed by atoms with Crippen molar-refractivity contribution in [1.29, 1.82) is 0 Å². The van der Waals surface area contributed by atoms with Crippen LogP contribution in [0.1, 0.15) is 53.7 Å². The second-order valence-corrected chi connectivity index (χ2v) is 9.66. The van der Waals surface area contributed by atoms with Gasteiger partial charge in [-0.1, -0.05) is 19.1 Å². The van der Waals surface area contributed by atoms with Crippen molar-refractivity contribution < 1.29 is 22.7 Å². The molecule has 31 heavy (non-hydrogen) atoms. The van der Waals surface area contributed by atoms with Gasteiger partial charge in [0.1, 0.15) is 0 Å². The van der Waals surface area contributed by atoms with E-state index in [1.165, 1.54) is 4.31 Å². The van der Waals surface area contributed by atoms with Gasteiger partial charge in [0.25, 0.3) is 5.91 Å². The Labute approximate surface area is 184 Å². The number of nitrogens with one attached hydrogen (secondary N) is 1. The van der Waals surface area contributed by atoms with Gasteiger partial charge < -0.3 is 14.8 Å². The van der Waals surface area contributed by atoms with Gasteiger partial charge in [0.2, 0.25) is 10.0 Å². The van der Waals surface area contributed by atoms with Gasteiger partial charge in [0.05, 0.1) is 31.7 Å². The minimum Gasteiger partial charge on any atom is -0.493 e. The number of rotatable bonds is 7. The molecule has 0 spiro atoms. The maximum Gasteiger partial charge on any atom is 0.251 e. The first-order chi connectivity index (χ1) is 14.8. The molecular formula is C23H30N2O5S. The van der Waals surface area contributed by atoms with Crippen LogP contribution in [0.2, 0.25) is 0 Å². The molecule has 168 valence electrons. The van der Waals surface area contributed by atoms with E-state index in [1.807, 2.05) is 32.0 Å². The Morgan fingerprint density at radius 3 is 2.48 bits per heavy atom. The van der Waals surface area contributed by atoms with E-state index in [0.717, 1.165) is 17.5 Å². The predicted molar refractivity (Wildman–Crippen MR) is 122 cm³/mol. The number of carbonyl (C=O) groups is 1. The molecule has 0 saturated carbocycles. The highest BCUT2D eigenvalue weighted by Gasteiger charge is 2.28. The molecule has 2 aromatic carbocycles. The zero-order chi connectivity index (χ0) is 22.6. The molecule has 0 aromatic heterocycles. The molecule has 8 heteroatoms. The number of aryl methyl sites for hydroxylation is 1. The summed E-state index contributed by atoms with van der Waals surface area (Å²) < 4.78 is 37.2. The third-order valence-corrected chi connectivity index (χ3v) is 7.47. The molecule has 3 rings (SSSR count). The lowest BCUT2D eigenvalue weighted by atomic mass is 10.0. The van der Waals surface area contributed by atoms with Crippen LogP contribution < -0.4 is 19.1 Å². The third-order valence-electron chi connectivity index (χ3n) is 5.61. The molecule has 1 aliphatic heterocycles. The molecule has 0 aliphatic carbocycles. The molecule has 1 amide bonds. The number of anilines is 1. The minimum absolute atomic E-state index is 0.139. The van der Waals surface area contributed by atoms with E-state index >= 15 is 0 Å². The maximum atomic E-state index is 13.0. The van der Waals surface area contributed by atoms with Crippen LogP contribution in [0, 0.1) is 6.92 Å². The fraction of sp³-hybridized carbons (Fsp3) is 0.435. The standard InChI is InChI=1S/C23H30N2O5S/c1-5-19(17-10-11-21(29-3)22(15-17)30-4)24-23(26)18-9-8-16(2)20(14-18)25-12-6-7-13-31(25,27)28/h8-11,14-15,19H,5-7,12-13H2,1-4H3,(H,24,26)/t19-/m1/s1. The molecule has 0 unspecified atom stereocenters. The van der Waals surface area contributed by atoms with E-state index in [1.54, 1.807) is 32.4 Å². The smallest absolute Gasteiger partial charge is 0.251 e. The van der Waals surface area contributed by atoms with E-state index in [0.29, 0.717) is 42.1 Å². The van der Waals surface area contributed by atoms with Crippen molar-refractivity contribution >= 4 is 21.6 Å². The van der Waals surface area contributed by atoms with E-state index < -0.39 is 10.0 Å². The van der Waals surface area contributed by atoms with Crippen molar-refractivity contribution in [1.82, 2.24) is 5.32 Å². The summed E-state index contributed by atoms with van der Waals surface area (Å²) in [5.74, 6) is 1.11. The Morgan fingerprint density at radius 1 is 1.10 bits per heavy atom. The number of amides is 1. The number of ether oxygens (including phenoxy) is 2. The number of hydrogen-bond acceptors (Lipinski definition) is 5. The summed E-state index contributed by atoms with van der Waals surface area (Å²) in [5, 5.41) is 3.06. The molecule has 7 nitrogen and oxygen atoms in total. The van der Waals surface area contributed by atoms with Gasteiger partial charge in [-0.05, 0) is 61.6 Å². The molecule has 1 heterocycles. The highest BCUT2D eigenvalue weighted by molar-refractivity contribution is 7.92. The fourth-order valence-electron chi connectivity index (χ4n) is 3.81. The third kappa shape index (κ3) is 4.95. The van der Waals surface area contributed by atoms with E-state index in [-0.39, 0.29) is 17.7 Å². The van der Waals surface area contributed by atoms with Crippen LogP contribution in [0.15, 0.2) is 36.4 Å². The summed E-state index contributed by atoms with van der Waals surface area (Å²) in [7, 11) is -0.200. The maximum absolute atomic E-state index is 13.0. The Bertz CT molecular complexity index is 1050. The Kier molecular flexibility index (Phi) is 7.10. The van der Waals surface area contributed by atoms with E-state index in [2.05, 4.69) is 5.32 Å². The number of nitrogens with zero attached hydrogens (tertiary/aromatic N) is 1. The van der Waals surface area contributed by atoms with Gasteiger partial charge >= 0.3 is 0 Å². The average Bonchev–Trinajstić information content (AvgIpc) is 2.77. The predicted octanol–water partition coefficient (Wildman–Crippen LogP) is 3.82. The molecule has 1 saturated heterocycles. The normalized spacial score (nSPS) is 16.5. The topological polar surface area (TPSA) is 84.9 Å². The number of sulfonamides is 1. The highest BCUT2D eigenvalue weighted by Crippen LogP contribution is 2.32. The van der Waals surface area contributed by atoms with Crippen LogP contribution >= 0.6 is 0 Å². The monoisotopic (exact) mass is 446 g/mol. The van der Waals surface area contributed by atoms with Crippen LogP contribution in [0.4, 0.5) is 5.69 Å². The molecule has 1 fully saturated rings. The summed E-state index contributed by atoms with van der Waals surface area (Å²) in [4.78, 5) is 13.0. The van der Waals surface area contributed by atoms with Gasteiger partial charge in [0, 0.05) is 12.1 Å².